The van der Waals surface area contributed by atoms with Crippen LogP contribution >= 0.6 is 0 Å². The monoisotopic (exact) mass is 239 g/mol. The molecule has 0 bridgehead atoms. The Morgan fingerprint density at radius 3 is 1.41 bits per heavy atom. The molecule has 1 nitrogen and oxygen atoms in total. The third kappa shape index (κ3) is 3.47. The molecule has 0 radical (unpaired) electrons. The molecule has 1 fully saturated rings. The molecule has 0 aliphatic carbocycles. The zero-order chi connectivity index (χ0) is 13.6. The van der Waals surface area contributed by atoms with Crippen LogP contribution in [0.1, 0.15) is 68.7 Å². The first-order valence-electron chi connectivity index (χ1n) is 7.09. The third-order valence-electron chi connectivity index (χ3n) is 4.36. The smallest absolute Gasteiger partial charge is 0.0152 e. The lowest BCUT2D eigenvalue weighted by Gasteiger charge is -2.39. The van der Waals surface area contributed by atoms with Gasteiger partial charge in [-0.1, -0.05) is 62.3 Å². The van der Waals surface area contributed by atoms with Crippen molar-refractivity contribution in [2.24, 2.45) is 22.2 Å². The van der Waals surface area contributed by atoms with Gasteiger partial charge in [-0.05, 0) is 28.6 Å². The molecule has 1 heteroatoms. The van der Waals surface area contributed by atoms with Gasteiger partial charge in [0.05, 0.1) is 0 Å². The van der Waals surface area contributed by atoms with Crippen LogP contribution in [0.25, 0.3) is 0 Å². The highest BCUT2D eigenvalue weighted by molar-refractivity contribution is 5.03. The van der Waals surface area contributed by atoms with E-state index in [2.05, 4.69) is 67.6 Å². The van der Waals surface area contributed by atoms with E-state index in [1.807, 2.05) is 0 Å². The Hall–Kier alpha value is -0.0400. The Morgan fingerprint density at radius 2 is 1.18 bits per heavy atom. The van der Waals surface area contributed by atoms with Crippen molar-refractivity contribution in [3.8, 4) is 0 Å². The predicted molar refractivity (Wildman–Crippen MR) is 77.2 cm³/mol. The lowest BCUT2D eigenvalue weighted by Crippen LogP contribution is -2.47. The summed E-state index contributed by atoms with van der Waals surface area (Å²) in [5.74, 6) is 0.770. The van der Waals surface area contributed by atoms with E-state index in [4.69, 9.17) is 0 Å². The quantitative estimate of drug-likeness (QED) is 0.657. The van der Waals surface area contributed by atoms with Crippen LogP contribution in [-0.2, 0) is 0 Å². The molecule has 0 aromatic carbocycles. The molecule has 0 amide bonds. The molecular weight excluding hydrogens is 206 g/mol. The number of hydrogen-bond acceptors (Lipinski definition) is 1. The molecule has 1 saturated heterocycles. The second-order valence-electron chi connectivity index (χ2n) is 9.14. The molecule has 0 spiro atoms. The fraction of sp³-hybridized carbons (Fsp3) is 1.00. The van der Waals surface area contributed by atoms with Crippen LogP contribution in [0.2, 0.25) is 0 Å². The van der Waals surface area contributed by atoms with Crippen molar-refractivity contribution < 1.29 is 0 Å². The van der Waals surface area contributed by atoms with E-state index in [-0.39, 0.29) is 0 Å². The predicted octanol–water partition coefficient (Wildman–Crippen LogP) is 4.47. The van der Waals surface area contributed by atoms with Gasteiger partial charge in [-0.15, -0.1) is 0 Å². The summed E-state index contributed by atoms with van der Waals surface area (Å²) < 4.78 is 0. The fourth-order valence-corrected chi connectivity index (χ4v) is 3.10. The Bertz CT molecular complexity index is 237. The van der Waals surface area contributed by atoms with Gasteiger partial charge >= 0.3 is 0 Å². The van der Waals surface area contributed by atoms with Crippen molar-refractivity contribution in [1.29, 1.82) is 0 Å². The summed E-state index contributed by atoms with van der Waals surface area (Å²) in [6.07, 6.45) is 1.31. The minimum absolute atomic E-state index is 0.345. The number of hydrogen-bond donors (Lipinski definition) is 1. The lowest BCUT2D eigenvalue weighted by atomic mass is 9.68. The second kappa shape index (κ2) is 4.26. The van der Waals surface area contributed by atoms with Crippen LogP contribution in [0.15, 0.2) is 0 Å². The molecule has 1 heterocycles. The van der Waals surface area contributed by atoms with E-state index in [0.29, 0.717) is 28.3 Å². The summed E-state index contributed by atoms with van der Waals surface area (Å²) in [6, 6.07) is 1.28. The van der Waals surface area contributed by atoms with Crippen LogP contribution in [0.5, 0.6) is 0 Å². The molecule has 1 rings (SSSR count). The highest BCUT2D eigenvalue weighted by atomic mass is 15.0. The van der Waals surface area contributed by atoms with Gasteiger partial charge in [0.1, 0.15) is 0 Å². The Labute approximate surface area is 109 Å². The largest absolute Gasteiger partial charge is 0.310 e. The minimum atomic E-state index is 0.345. The van der Waals surface area contributed by atoms with E-state index in [0.717, 1.165) is 5.92 Å². The molecular formula is C16H33N. The van der Waals surface area contributed by atoms with Gasteiger partial charge in [-0.25, -0.2) is 0 Å². The summed E-state index contributed by atoms with van der Waals surface area (Å²) in [5.41, 5.74) is 1.10. The molecule has 3 atom stereocenters. The molecule has 1 N–H and O–H groups in total. The first-order chi connectivity index (χ1) is 7.33. The molecule has 17 heavy (non-hydrogen) atoms. The molecule has 102 valence electrons. The second-order valence-corrected chi connectivity index (χ2v) is 9.14. The normalized spacial score (nSPS) is 31.9. The lowest BCUT2D eigenvalue weighted by molar-refractivity contribution is 0.142. The van der Waals surface area contributed by atoms with Gasteiger partial charge < -0.3 is 5.32 Å². The van der Waals surface area contributed by atoms with Crippen molar-refractivity contribution in [2.75, 3.05) is 0 Å². The van der Waals surface area contributed by atoms with Crippen LogP contribution in [0, 0.1) is 22.2 Å². The van der Waals surface area contributed by atoms with Gasteiger partial charge in [0.25, 0.3) is 0 Å². The average Bonchev–Trinajstić information content (AvgIpc) is 2.42. The standard InChI is InChI=1S/C16H33N/c1-14(2,3)11-10-12(15(4,5)6)17-13(11)16(7,8)9/h11-13,17H,10H2,1-9H3. The van der Waals surface area contributed by atoms with Gasteiger partial charge in [0, 0.05) is 12.1 Å². The summed E-state index contributed by atoms with van der Waals surface area (Å²) in [4.78, 5) is 0. The fourth-order valence-electron chi connectivity index (χ4n) is 3.10. The topological polar surface area (TPSA) is 12.0 Å². The highest BCUT2D eigenvalue weighted by Gasteiger charge is 2.47. The van der Waals surface area contributed by atoms with Crippen LogP contribution in [-0.4, -0.2) is 12.1 Å². The average molecular weight is 239 g/mol. The van der Waals surface area contributed by atoms with E-state index in [9.17, 15) is 0 Å². The maximum atomic E-state index is 3.93. The Morgan fingerprint density at radius 1 is 0.706 bits per heavy atom. The van der Waals surface area contributed by atoms with E-state index < -0.39 is 0 Å². The summed E-state index contributed by atoms with van der Waals surface area (Å²) in [6.45, 7) is 21.4. The summed E-state index contributed by atoms with van der Waals surface area (Å²) in [5, 5.41) is 3.93. The number of nitrogens with one attached hydrogen (secondary N) is 1. The van der Waals surface area contributed by atoms with Crippen LogP contribution < -0.4 is 5.32 Å². The van der Waals surface area contributed by atoms with Crippen molar-refractivity contribution in [2.45, 2.75) is 80.8 Å². The minimum Gasteiger partial charge on any atom is -0.310 e. The van der Waals surface area contributed by atoms with Crippen LogP contribution in [0.3, 0.4) is 0 Å². The van der Waals surface area contributed by atoms with Gasteiger partial charge in [-0.2, -0.15) is 0 Å². The van der Waals surface area contributed by atoms with Gasteiger partial charge in [-0.3, -0.25) is 0 Å². The molecule has 3 unspecified atom stereocenters. The Kier molecular flexibility index (Phi) is 3.76. The SMILES string of the molecule is CC(C)(C)C1CC(C(C)(C)C)C(C(C)(C)C)N1. The van der Waals surface area contributed by atoms with Gasteiger partial charge in [0.15, 0.2) is 0 Å². The zero-order valence-corrected chi connectivity index (χ0v) is 13.4. The van der Waals surface area contributed by atoms with Gasteiger partial charge in [0.2, 0.25) is 0 Å². The van der Waals surface area contributed by atoms with E-state index in [1.165, 1.54) is 6.42 Å². The van der Waals surface area contributed by atoms with Crippen LogP contribution in [0.4, 0.5) is 0 Å². The summed E-state index contributed by atoms with van der Waals surface area (Å²) in [7, 11) is 0. The maximum Gasteiger partial charge on any atom is 0.0152 e. The summed E-state index contributed by atoms with van der Waals surface area (Å²) >= 11 is 0. The van der Waals surface area contributed by atoms with E-state index >= 15 is 0 Å². The molecule has 0 aromatic rings. The van der Waals surface area contributed by atoms with Crippen molar-refractivity contribution in [1.82, 2.24) is 5.32 Å². The number of rotatable bonds is 0. The Balaban J connectivity index is 2.96. The molecule has 0 aromatic heterocycles. The first kappa shape index (κ1) is 15.0. The third-order valence-corrected chi connectivity index (χ3v) is 4.36. The molecule has 0 saturated carbocycles. The van der Waals surface area contributed by atoms with E-state index in [1.54, 1.807) is 0 Å². The molecule has 1 aliphatic rings. The maximum absolute atomic E-state index is 3.93. The zero-order valence-electron chi connectivity index (χ0n) is 13.4. The first-order valence-corrected chi connectivity index (χ1v) is 7.09. The van der Waals surface area contributed by atoms with Crippen molar-refractivity contribution >= 4 is 0 Å². The van der Waals surface area contributed by atoms with Crippen molar-refractivity contribution in [3.63, 3.8) is 0 Å². The highest BCUT2D eigenvalue weighted by Crippen LogP contribution is 2.46. The molecule has 1 aliphatic heterocycles. The van der Waals surface area contributed by atoms with Crippen molar-refractivity contribution in [3.05, 3.63) is 0 Å².